The highest BCUT2D eigenvalue weighted by molar-refractivity contribution is 5.86. The van der Waals surface area contributed by atoms with Crippen LogP contribution in [-0.4, -0.2) is 19.0 Å². The van der Waals surface area contributed by atoms with Gasteiger partial charge in [-0.3, -0.25) is 4.99 Å². The summed E-state index contributed by atoms with van der Waals surface area (Å²) in [6.07, 6.45) is -0.222. The summed E-state index contributed by atoms with van der Waals surface area (Å²) < 4.78 is 5.67. The first-order valence-corrected chi connectivity index (χ1v) is 6.11. The Kier molecular flexibility index (Phi) is 5.70. The molecule has 94 valence electrons. The van der Waals surface area contributed by atoms with Crippen LogP contribution in [0.1, 0.15) is 32.4 Å². The van der Waals surface area contributed by atoms with Gasteiger partial charge in [-0.25, -0.2) is 0 Å². The molecule has 0 aliphatic heterocycles. The Morgan fingerprint density at radius 1 is 1.29 bits per heavy atom. The van der Waals surface area contributed by atoms with Gasteiger partial charge in [0.2, 0.25) is 0 Å². The maximum absolute atomic E-state index is 6.01. The maximum Gasteiger partial charge on any atom is 0.139 e. The summed E-state index contributed by atoms with van der Waals surface area (Å²) in [7, 11) is 0. The predicted molar refractivity (Wildman–Crippen MR) is 72.1 cm³/mol. The van der Waals surface area contributed by atoms with E-state index >= 15 is 0 Å². The molecule has 0 aliphatic carbocycles. The number of ether oxygens (including phenoxy) is 1. The van der Waals surface area contributed by atoms with Gasteiger partial charge in [-0.15, -0.1) is 0 Å². The molecule has 0 aromatic heterocycles. The van der Waals surface area contributed by atoms with Crippen LogP contribution in [0.15, 0.2) is 35.3 Å². The van der Waals surface area contributed by atoms with Crippen LogP contribution in [0.25, 0.3) is 0 Å². The smallest absolute Gasteiger partial charge is 0.139 e. The lowest BCUT2D eigenvalue weighted by Gasteiger charge is -2.17. The second kappa shape index (κ2) is 7.07. The largest absolute Gasteiger partial charge is 0.385 e. The Hall–Kier alpha value is -1.35. The van der Waals surface area contributed by atoms with Crippen molar-refractivity contribution in [2.24, 2.45) is 16.6 Å². The minimum Gasteiger partial charge on any atom is -0.385 e. The van der Waals surface area contributed by atoms with Gasteiger partial charge in [0.15, 0.2) is 0 Å². The van der Waals surface area contributed by atoms with Crippen LogP contribution >= 0.6 is 0 Å². The highest BCUT2D eigenvalue weighted by atomic mass is 16.5. The van der Waals surface area contributed by atoms with E-state index in [1.54, 1.807) is 0 Å². The third-order valence-corrected chi connectivity index (χ3v) is 2.34. The van der Waals surface area contributed by atoms with Crippen LogP contribution in [0.2, 0.25) is 0 Å². The summed E-state index contributed by atoms with van der Waals surface area (Å²) >= 11 is 0. The van der Waals surface area contributed by atoms with Crippen molar-refractivity contribution in [1.29, 1.82) is 0 Å². The Balaban J connectivity index is 2.82. The van der Waals surface area contributed by atoms with Crippen LogP contribution in [0, 0.1) is 5.92 Å². The quantitative estimate of drug-likeness (QED) is 0.607. The van der Waals surface area contributed by atoms with Gasteiger partial charge in [-0.05, 0) is 18.4 Å². The molecule has 0 radical (unpaired) electrons. The lowest BCUT2D eigenvalue weighted by atomic mass is 10.1. The molecule has 0 heterocycles. The van der Waals surface area contributed by atoms with Crippen molar-refractivity contribution in [3.05, 3.63) is 35.9 Å². The molecule has 1 aromatic rings. The maximum atomic E-state index is 6.01. The number of hydrogen-bond acceptors (Lipinski definition) is 2. The Labute approximate surface area is 104 Å². The van der Waals surface area contributed by atoms with Gasteiger partial charge >= 0.3 is 0 Å². The van der Waals surface area contributed by atoms with E-state index in [4.69, 9.17) is 10.5 Å². The number of benzene rings is 1. The summed E-state index contributed by atoms with van der Waals surface area (Å²) in [5.41, 5.74) is 7.06. The van der Waals surface area contributed by atoms with Gasteiger partial charge in [0.05, 0.1) is 0 Å². The zero-order valence-electron chi connectivity index (χ0n) is 10.9. The van der Waals surface area contributed by atoms with E-state index in [1.807, 2.05) is 37.3 Å². The number of nitrogens with zero attached hydrogens (tertiary/aromatic N) is 1. The third-order valence-electron chi connectivity index (χ3n) is 2.34. The van der Waals surface area contributed by atoms with Crippen LogP contribution in [0.3, 0.4) is 0 Å². The highest BCUT2D eigenvalue weighted by Crippen LogP contribution is 2.17. The van der Waals surface area contributed by atoms with E-state index in [2.05, 4.69) is 18.8 Å². The molecule has 0 fully saturated rings. The third kappa shape index (κ3) is 4.57. The standard InChI is InChI=1S/C14H22N2O/c1-4-17-13(12-8-6-5-7-9-12)14(15)16-10-11(2)3/h5-9,11,13H,4,10H2,1-3H3,(H2,15,16)/t13-/m1/s1. The fourth-order valence-electron chi connectivity index (χ4n) is 1.52. The summed E-state index contributed by atoms with van der Waals surface area (Å²) in [5, 5.41) is 0. The molecular weight excluding hydrogens is 212 g/mol. The number of rotatable bonds is 6. The topological polar surface area (TPSA) is 47.6 Å². The van der Waals surface area contributed by atoms with Gasteiger partial charge in [0.1, 0.15) is 11.9 Å². The number of aliphatic imine (C=N–C) groups is 1. The summed E-state index contributed by atoms with van der Waals surface area (Å²) in [5.74, 6) is 1.07. The minimum atomic E-state index is -0.222. The van der Waals surface area contributed by atoms with Crippen LogP contribution < -0.4 is 5.73 Å². The summed E-state index contributed by atoms with van der Waals surface area (Å²) in [4.78, 5) is 4.39. The Morgan fingerprint density at radius 3 is 2.47 bits per heavy atom. The van der Waals surface area contributed by atoms with Crippen LogP contribution in [-0.2, 0) is 4.74 Å². The van der Waals surface area contributed by atoms with Crippen molar-refractivity contribution >= 4 is 5.84 Å². The van der Waals surface area contributed by atoms with E-state index < -0.39 is 0 Å². The Bertz CT molecular complexity index is 346. The van der Waals surface area contributed by atoms with Crippen molar-refractivity contribution in [1.82, 2.24) is 0 Å². The first-order chi connectivity index (χ1) is 8.15. The molecule has 1 atom stereocenters. The second-order valence-electron chi connectivity index (χ2n) is 4.41. The fourth-order valence-corrected chi connectivity index (χ4v) is 1.52. The molecule has 0 amide bonds. The molecule has 0 unspecified atom stereocenters. The fraction of sp³-hybridized carbons (Fsp3) is 0.500. The first-order valence-electron chi connectivity index (χ1n) is 6.11. The lowest BCUT2D eigenvalue weighted by molar-refractivity contribution is 0.109. The predicted octanol–water partition coefficient (Wildman–Crippen LogP) is 2.78. The molecule has 1 rings (SSSR count). The van der Waals surface area contributed by atoms with Crippen molar-refractivity contribution in [2.75, 3.05) is 13.2 Å². The zero-order valence-corrected chi connectivity index (χ0v) is 10.9. The molecule has 3 nitrogen and oxygen atoms in total. The molecular formula is C14H22N2O. The molecule has 17 heavy (non-hydrogen) atoms. The molecule has 3 heteroatoms. The second-order valence-corrected chi connectivity index (χ2v) is 4.41. The Morgan fingerprint density at radius 2 is 1.94 bits per heavy atom. The number of nitrogens with two attached hydrogens (primary N) is 1. The minimum absolute atomic E-state index is 0.222. The normalized spacial score (nSPS) is 14.0. The average molecular weight is 234 g/mol. The highest BCUT2D eigenvalue weighted by Gasteiger charge is 2.15. The van der Waals surface area contributed by atoms with Gasteiger partial charge < -0.3 is 10.5 Å². The molecule has 0 spiro atoms. The molecule has 1 aromatic carbocycles. The lowest BCUT2D eigenvalue weighted by Crippen LogP contribution is -2.25. The first kappa shape index (κ1) is 13.7. The average Bonchev–Trinajstić information content (AvgIpc) is 2.34. The van der Waals surface area contributed by atoms with E-state index in [9.17, 15) is 0 Å². The SMILES string of the molecule is CCO[C@@H](C(N)=NCC(C)C)c1ccccc1. The number of amidine groups is 1. The van der Waals surface area contributed by atoms with Crippen molar-refractivity contribution in [3.8, 4) is 0 Å². The van der Waals surface area contributed by atoms with E-state index in [-0.39, 0.29) is 6.10 Å². The molecule has 0 aliphatic rings. The molecule has 0 bridgehead atoms. The van der Waals surface area contributed by atoms with Gasteiger partial charge in [0.25, 0.3) is 0 Å². The zero-order chi connectivity index (χ0) is 12.7. The molecule has 2 N–H and O–H groups in total. The van der Waals surface area contributed by atoms with Gasteiger partial charge in [-0.1, -0.05) is 44.2 Å². The van der Waals surface area contributed by atoms with Crippen molar-refractivity contribution in [2.45, 2.75) is 26.9 Å². The van der Waals surface area contributed by atoms with Gasteiger partial charge in [0, 0.05) is 13.2 Å². The van der Waals surface area contributed by atoms with E-state index in [1.165, 1.54) is 0 Å². The summed E-state index contributed by atoms with van der Waals surface area (Å²) in [6.45, 7) is 7.56. The van der Waals surface area contributed by atoms with Crippen molar-refractivity contribution in [3.63, 3.8) is 0 Å². The number of hydrogen-bond donors (Lipinski definition) is 1. The van der Waals surface area contributed by atoms with Gasteiger partial charge in [-0.2, -0.15) is 0 Å². The van der Waals surface area contributed by atoms with Crippen molar-refractivity contribution < 1.29 is 4.74 Å². The van der Waals surface area contributed by atoms with E-state index in [0.29, 0.717) is 18.4 Å². The molecule has 0 saturated carbocycles. The monoisotopic (exact) mass is 234 g/mol. The summed E-state index contributed by atoms with van der Waals surface area (Å²) in [6, 6.07) is 9.97. The van der Waals surface area contributed by atoms with Crippen LogP contribution in [0.4, 0.5) is 0 Å². The van der Waals surface area contributed by atoms with E-state index in [0.717, 1.165) is 12.1 Å². The van der Waals surface area contributed by atoms with Crippen LogP contribution in [0.5, 0.6) is 0 Å². The molecule has 0 saturated heterocycles.